The molecule has 0 radical (unpaired) electrons. The van der Waals surface area contributed by atoms with Gasteiger partial charge in [-0.3, -0.25) is 9.59 Å². The summed E-state index contributed by atoms with van der Waals surface area (Å²) >= 11 is 0. The molecular weight excluding hydrogens is 297 g/mol. The fourth-order valence-corrected chi connectivity index (χ4v) is 2.44. The molecule has 1 fully saturated rings. The molecule has 1 aliphatic heterocycles. The molecule has 120 valence electrons. The molecule has 2 rings (SSSR count). The maximum absolute atomic E-state index is 12.5. The van der Waals surface area contributed by atoms with Gasteiger partial charge in [0.15, 0.2) is 0 Å². The maximum atomic E-state index is 12.5. The topological polar surface area (TPSA) is 49.4 Å². The predicted octanol–water partition coefficient (Wildman–Crippen LogP) is 2.73. The third-order valence-electron chi connectivity index (χ3n) is 3.64. The molecule has 1 saturated heterocycles. The van der Waals surface area contributed by atoms with Crippen molar-refractivity contribution >= 4 is 17.5 Å². The lowest BCUT2D eigenvalue weighted by molar-refractivity contribution is -0.187. The molecule has 1 aromatic rings. The standard InChI is InChI=1S/C15H17F3N2O2/c1-10-4-6-12(7-5-10)19-13(21)11-3-2-8-20(9-11)14(22)15(16,17)18/h4-7,11H,2-3,8-9H2,1H3,(H,19,21). The zero-order valence-electron chi connectivity index (χ0n) is 12.1. The van der Waals surface area contributed by atoms with Gasteiger partial charge in [0.1, 0.15) is 0 Å². The Morgan fingerprint density at radius 1 is 1.23 bits per heavy atom. The summed E-state index contributed by atoms with van der Waals surface area (Å²) in [5.74, 6) is -2.86. The molecule has 1 atom stereocenters. The van der Waals surface area contributed by atoms with Crippen LogP contribution in [-0.4, -0.2) is 36.0 Å². The number of halogens is 3. The van der Waals surface area contributed by atoms with Crippen molar-refractivity contribution in [2.45, 2.75) is 25.9 Å². The van der Waals surface area contributed by atoms with Crippen LogP contribution in [0.4, 0.5) is 18.9 Å². The SMILES string of the molecule is Cc1ccc(NC(=O)C2CCCN(C(=O)C(F)(F)F)C2)cc1. The lowest BCUT2D eigenvalue weighted by Gasteiger charge is -2.32. The average Bonchev–Trinajstić information content (AvgIpc) is 2.48. The third kappa shape index (κ3) is 3.99. The summed E-state index contributed by atoms with van der Waals surface area (Å²) < 4.78 is 37.4. The van der Waals surface area contributed by atoms with Gasteiger partial charge in [-0.15, -0.1) is 0 Å². The number of anilines is 1. The van der Waals surface area contributed by atoms with Crippen LogP contribution in [0, 0.1) is 12.8 Å². The summed E-state index contributed by atoms with van der Waals surface area (Å²) in [6.07, 6.45) is -4.04. The van der Waals surface area contributed by atoms with Crippen molar-refractivity contribution in [3.05, 3.63) is 29.8 Å². The average molecular weight is 314 g/mol. The first-order chi connectivity index (χ1) is 10.3. The molecule has 1 aromatic carbocycles. The molecule has 0 aliphatic carbocycles. The van der Waals surface area contributed by atoms with Crippen molar-refractivity contribution in [3.8, 4) is 0 Å². The normalized spacial score (nSPS) is 18.9. The Bertz CT molecular complexity index is 555. The van der Waals surface area contributed by atoms with Gasteiger partial charge in [-0.1, -0.05) is 17.7 Å². The highest BCUT2D eigenvalue weighted by Gasteiger charge is 2.44. The molecular formula is C15H17F3N2O2. The Balaban J connectivity index is 1.98. The van der Waals surface area contributed by atoms with Crippen LogP contribution in [0.1, 0.15) is 18.4 Å². The highest BCUT2D eigenvalue weighted by Crippen LogP contribution is 2.24. The number of carbonyl (C=O) groups excluding carboxylic acids is 2. The van der Waals surface area contributed by atoms with Crippen molar-refractivity contribution in [2.24, 2.45) is 5.92 Å². The summed E-state index contributed by atoms with van der Waals surface area (Å²) in [5.41, 5.74) is 1.63. The van der Waals surface area contributed by atoms with E-state index >= 15 is 0 Å². The molecule has 1 unspecified atom stereocenters. The van der Waals surface area contributed by atoms with Crippen LogP contribution < -0.4 is 5.32 Å². The van der Waals surface area contributed by atoms with Crippen LogP contribution in [-0.2, 0) is 9.59 Å². The first-order valence-electron chi connectivity index (χ1n) is 7.01. The van der Waals surface area contributed by atoms with Gasteiger partial charge in [0.25, 0.3) is 0 Å². The number of piperidine rings is 1. The number of likely N-dealkylation sites (tertiary alicyclic amines) is 1. The minimum atomic E-state index is -4.89. The van der Waals surface area contributed by atoms with Gasteiger partial charge in [-0.05, 0) is 31.9 Å². The van der Waals surface area contributed by atoms with E-state index in [0.717, 1.165) is 5.56 Å². The van der Waals surface area contributed by atoms with Gasteiger partial charge in [0, 0.05) is 18.8 Å². The number of hydrogen-bond acceptors (Lipinski definition) is 2. The molecule has 1 N–H and O–H groups in total. The monoisotopic (exact) mass is 314 g/mol. The van der Waals surface area contributed by atoms with Crippen LogP contribution in [0.15, 0.2) is 24.3 Å². The van der Waals surface area contributed by atoms with Gasteiger partial charge in [-0.25, -0.2) is 0 Å². The van der Waals surface area contributed by atoms with Crippen LogP contribution in [0.2, 0.25) is 0 Å². The fourth-order valence-electron chi connectivity index (χ4n) is 2.44. The molecule has 2 amide bonds. The fraction of sp³-hybridized carbons (Fsp3) is 0.467. The van der Waals surface area contributed by atoms with E-state index in [1.165, 1.54) is 0 Å². The minimum absolute atomic E-state index is 0.0344. The Hall–Kier alpha value is -2.05. The number of nitrogens with one attached hydrogen (secondary N) is 1. The van der Waals surface area contributed by atoms with E-state index in [0.29, 0.717) is 23.4 Å². The predicted molar refractivity (Wildman–Crippen MR) is 75.2 cm³/mol. The molecule has 7 heteroatoms. The van der Waals surface area contributed by atoms with Gasteiger partial charge < -0.3 is 10.2 Å². The van der Waals surface area contributed by atoms with E-state index in [1.54, 1.807) is 12.1 Å². The largest absolute Gasteiger partial charge is 0.471 e. The van der Waals surface area contributed by atoms with Crippen LogP contribution in [0.3, 0.4) is 0 Å². The number of aryl methyl sites for hydroxylation is 1. The molecule has 22 heavy (non-hydrogen) atoms. The Morgan fingerprint density at radius 2 is 1.86 bits per heavy atom. The number of carbonyl (C=O) groups is 2. The second-order valence-corrected chi connectivity index (χ2v) is 5.44. The smallest absolute Gasteiger partial charge is 0.334 e. The van der Waals surface area contributed by atoms with E-state index < -0.39 is 18.0 Å². The Morgan fingerprint density at radius 3 is 2.45 bits per heavy atom. The van der Waals surface area contributed by atoms with E-state index in [9.17, 15) is 22.8 Å². The summed E-state index contributed by atoms with van der Waals surface area (Å²) in [5, 5.41) is 2.68. The van der Waals surface area contributed by atoms with E-state index in [1.807, 2.05) is 19.1 Å². The second kappa shape index (κ2) is 6.37. The quantitative estimate of drug-likeness (QED) is 0.912. The van der Waals surface area contributed by atoms with E-state index in [-0.39, 0.29) is 19.0 Å². The molecule has 0 spiro atoms. The summed E-state index contributed by atoms with van der Waals surface area (Å²) in [6.45, 7) is 1.75. The van der Waals surface area contributed by atoms with E-state index in [2.05, 4.69) is 5.32 Å². The molecule has 0 bridgehead atoms. The molecule has 1 aliphatic rings. The minimum Gasteiger partial charge on any atom is -0.334 e. The van der Waals surface area contributed by atoms with Crippen molar-refractivity contribution < 1.29 is 22.8 Å². The highest BCUT2D eigenvalue weighted by molar-refractivity contribution is 5.93. The number of amides is 2. The van der Waals surface area contributed by atoms with Crippen LogP contribution in [0.5, 0.6) is 0 Å². The zero-order chi connectivity index (χ0) is 16.3. The third-order valence-corrected chi connectivity index (χ3v) is 3.64. The number of benzene rings is 1. The van der Waals surface area contributed by atoms with Crippen molar-refractivity contribution in [1.82, 2.24) is 4.90 Å². The van der Waals surface area contributed by atoms with Crippen molar-refractivity contribution in [2.75, 3.05) is 18.4 Å². The highest BCUT2D eigenvalue weighted by atomic mass is 19.4. The first-order valence-corrected chi connectivity index (χ1v) is 7.01. The van der Waals surface area contributed by atoms with Gasteiger partial charge in [0.05, 0.1) is 5.92 Å². The summed E-state index contributed by atoms with van der Waals surface area (Å²) in [6, 6.07) is 7.12. The van der Waals surface area contributed by atoms with Crippen molar-refractivity contribution in [1.29, 1.82) is 0 Å². The van der Waals surface area contributed by atoms with Gasteiger partial charge in [-0.2, -0.15) is 13.2 Å². The van der Waals surface area contributed by atoms with Crippen molar-refractivity contribution in [3.63, 3.8) is 0 Å². The maximum Gasteiger partial charge on any atom is 0.471 e. The lowest BCUT2D eigenvalue weighted by Crippen LogP contribution is -2.48. The van der Waals surface area contributed by atoms with Gasteiger partial charge >= 0.3 is 12.1 Å². The summed E-state index contributed by atoms with van der Waals surface area (Å²) in [7, 11) is 0. The molecule has 0 saturated carbocycles. The Kier molecular flexibility index (Phi) is 4.73. The number of alkyl halides is 3. The number of hydrogen-bond donors (Lipinski definition) is 1. The lowest BCUT2D eigenvalue weighted by atomic mass is 9.97. The summed E-state index contributed by atoms with van der Waals surface area (Å²) in [4.78, 5) is 24.1. The molecule has 0 aromatic heterocycles. The molecule has 4 nitrogen and oxygen atoms in total. The zero-order valence-corrected chi connectivity index (χ0v) is 12.1. The van der Waals surface area contributed by atoms with Crippen LogP contribution >= 0.6 is 0 Å². The Labute approximate surface area is 126 Å². The number of rotatable bonds is 2. The van der Waals surface area contributed by atoms with Crippen LogP contribution in [0.25, 0.3) is 0 Å². The molecule has 1 heterocycles. The number of nitrogens with zero attached hydrogens (tertiary/aromatic N) is 1. The first kappa shape index (κ1) is 16.3. The van der Waals surface area contributed by atoms with Gasteiger partial charge in [0.2, 0.25) is 5.91 Å². The second-order valence-electron chi connectivity index (χ2n) is 5.44. The van der Waals surface area contributed by atoms with E-state index in [4.69, 9.17) is 0 Å².